The Morgan fingerprint density at radius 1 is 1.04 bits per heavy atom. The van der Waals surface area contributed by atoms with E-state index in [1.54, 1.807) is 0 Å². The van der Waals surface area contributed by atoms with E-state index in [9.17, 15) is 0 Å². The molecule has 0 amide bonds. The first-order valence-electron chi connectivity index (χ1n) is 8.11. The molecule has 4 rings (SSSR count). The highest BCUT2D eigenvalue weighted by Gasteiger charge is 2.07. The molecule has 2 aromatic heterocycles. The predicted octanol–water partition coefficient (Wildman–Crippen LogP) is 5.54. The van der Waals surface area contributed by atoms with Gasteiger partial charge >= 0.3 is 0 Å². The number of imidazole rings is 1. The van der Waals surface area contributed by atoms with E-state index >= 15 is 0 Å². The second kappa shape index (κ2) is 6.61. The summed E-state index contributed by atoms with van der Waals surface area (Å²) >= 11 is 5.91. The number of benzene rings is 2. The number of nitrogens with zero attached hydrogens (tertiary/aromatic N) is 2. The Morgan fingerprint density at radius 3 is 2.64 bits per heavy atom. The van der Waals surface area contributed by atoms with E-state index in [0.29, 0.717) is 6.61 Å². The van der Waals surface area contributed by atoms with Gasteiger partial charge in [0.25, 0.3) is 0 Å². The third-order valence-electron chi connectivity index (χ3n) is 4.14. The maximum absolute atomic E-state index is 5.94. The summed E-state index contributed by atoms with van der Waals surface area (Å²) in [7, 11) is 0. The van der Waals surface area contributed by atoms with E-state index in [4.69, 9.17) is 16.3 Å². The van der Waals surface area contributed by atoms with Crippen molar-refractivity contribution in [3.8, 4) is 17.0 Å². The Hall–Kier alpha value is -2.78. The molecule has 0 atom stereocenters. The Balaban J connectivity index is 1.54. The summed E-state index contributed by atoms with van der Waals surface area (Å²) in [6.07, 6.45) is 4.04. The van der Waals surface area contributed by atoms with E-state index in [2.05, 4.69) is 18.0 Å². The van der Waals surface area contributed by atoms with Crippen LogP contribution in [0, 0.1) is 6.92 Å². The number of fused-ring (bicyclic) bond motifs is 1. The molecule has 0 unspecified atom stereocenters. The number of ether oxygens (including phenoxy) is 1. The van der Waals surface area contributed by atoms with Gasteiger partial charge in [0, 0.05) is 23.0 Å². The molecule has 0 saturated carbocycles. The van der Waals surface area contributed by atoms with Gasteiger partial charge in [-0.15, -0.1) is 0 Å². The van der Waals surface area contributed by atoms with Crippen LogP contribution in [0.15, 0.2) is 73.1 Å². The lowest BCUT2D eigenvalue weighted by Gasteiger charge is -2.10. The molecule has 0 fully saturated rings. The van der Waals surface area contributed by atoms with Gasteiger partial charge in [-0.1, -0.05) is 29.8 Å². The van der Waals surface area contributed by atoms with Crippen molar-refractivity contribution in [1.82, 2.24) is 9.38 Å². The van der Waals surface area contributed by atoms with Gasteiger partial charge in [0.1, 0.15) is 18.0 Å². The van der Waals surface area contributed by atoms with Crippen molar-refractivity contribution in [3.63, 3.8) is 0 Å². The van der Waals surface area contributed by atoms with Gasteiger partial charge in [-0.3, -0.25) is 0 Å². The molecule has 0 spiro atoms. The van der Waals surface area contributed by atoms with Gasteiger partial charge in [0.2, 0.25) is 0 Å². The van der Waals surface area contributed by atoms with Gasteiger partial charge in [-0.05, 0) is 60.5 Å². The summed E-state index contributed by atoms with van der Waals surface area (Å²) in [5.74, 6) is 0.877. The summed E-state index contributed by atoms with van der Waals surface area (Å²) in [5.41, 5.74) is 5.16. The van der Waals surface area contributed by atoms with Crippen LogP contribution in [-0.4, -0.2) is 9.38 Å². The smallest absolute Gasteiger partial charge is 0.137 e. The van der Waals surface area contributed by atoms with Crippen molar-refractivity contribution in [3.05, 3.63) is 89.2 Å². The summed E-state index contributed by atoms with van der Waals surface area (Å²) in [6.45, 7) is 2.57. The van der Waals surface area contributed by atoms with Crippen molar-refractivity contribution in [2.24, 2.45) is 0 Å². The number of hydrogen-bond acceptors (Lipinski definition) is 2. The van der Waals surface area contributed by atoms with Gasteiger partial charge in [-0.2, -0.15) is 0 Å². The topological polar surface area (TPSA) is 26.5 Å². The first-order valence-corrected chi connectivity index (χ1v) is 8.49. The molecule has 0 aliphatic heterocycles. The molecule has 3 nitrogen and oxygen atoms in total. The second-order valence-corrected chi connectivity index (χ2v) is 6.42. The number of rotatable bonds is 4. The van der Waals surface area contributed by atoms with Crippen molar-refractivity contribution < 1.29 is 4.74 Å². The number of pyridine rings is 1. The fourth-order valence-electron chi connectivity index (χ4n) is 2.79. The summed E-state index contributed by atoms with van der Waals surface area (Å²) in [5, 5.41) is 0.733. The monoisotopic (exact) mass is 348 g/mol. The lowest BCUT2D eigenvalue weighted by atomic mass is 10.1. The minimum atomic E-state index is 0.520. The van der Waals surface area contributed by atoms with Gasteiger partial charge in [0.15, 0.2) is 0 Å². The third kappa shape index (κ3) is 3.37. The average molecular weight is 349 g/mol. The number of aromatic nitrogens is 2. The summed E-state index contributed by atoms with van der Waals surface area (Å²) < 4.78 is 7.97. The predicted molar refractivity (Wildman–Crippen MR) is 101 cm³/mol. The van der Waals surface area contributed by atoms with Gasteiger partial charge in [-0.25, -0.2) is 4.98 Å². The van der Waals surface area contributed by atoms with E-state index in [1.807, 2.05) is 71.4 Å². The van der Waals surface area contributed by atoms with Crippen molar-refractivity contribution in [1.29, 1.82) is 0 Å². The lowest BCUT2D eigenvalue weighted by molar-refractivity contribution is 0.304. The molecule has 0 aliphatic carbocycles. The highest BCUT2D eigenvalue weighted by molar-refractivity contribution is 6.30. The zero-order chi connectivity index (χ0) is 17.2. The van der Waals surface area contributed by atoms with Gasteiger partial charge < -0.3 is 9.14 Å². The average Bonchev–Trinajstić information content (AvgIpc) is 3.06. The van der Waals surface area contributed by atoms with Crippen LogP contribution in [0.1, 0.15) is 11.1 Å². The summed E-state index contributed by atoms with van der Waals surface area (Å²) in [6, 6.07) is 19.8. The first-order chi connectivity index (χ1) is 12.2. The zero-order valence-corrected chi connectivity index (χ0v) is 14.6. The Labute approximate surface area is 151 Å². The maximum Gasteiger partial charge on any atom is 0.137 e. The highest BCUT2D eigenvalue weighted by Crippen LogP contribution is 2.26. The Morgan fingerprint density at radius 2 is 1.88 bits per heavy atom. The zero-order valence-electron chi connectivity index (χ0n) is 13.8. The largest absolute Gasteiger partial charge is 0.489 e. The maximum atomic E-state index is 5.94. The molecule has 0 aliphatic rings. The fraction of sp³-hybridized carbons (Fsp3) is 0.0952. The van der Waals surface area contributed by atoms with Crippen LogP contribution < -0.4 is 4.74 Å². The third-order valence-corrected chi connectivity index (χ3v) is 4.39. The SMILES string of the molecule is Cc1cc(-c2cn3ccccc3n2)ccc1OCc1ccc(Cl)cc1. The summed E-state index contributed by atoms with van der Waals surface area (Å²) in [4.78, 5) is 4.67. The molecule has 0 saturated heterocycles. The van der Waals surface area contributed by atoms with E-state index < -0.39 is 0 Å². The van der Waals surface area contributed by atoms with Crippen LogP contribution >= 0.6 is 11.6 Å². The lowest BCUT2D eigenvalue weighted by Crippen LogP contribution is -1.97. The molecular formula is C21H17ClN2O. The minimum absolute atomic E-state index is 0.520. The van der Waals surface area contributed by atoms with Crippen LogP contribution in [0.4, 0.5) is 0 Å². The van der Waals surface area contributed by atoms with E-state index in [0.717, 1.165) is 38.8 Å². The van der Waals surface area contributed by atoms with E-state index in [1.165, 1.54) is 0 Å². The molecule has 25 heavy (non-hydrogen) atoms. The van der Waals surface area contributed by atoms with Crippen LogP contribution in [0.25, 0.3) is 16.9 Å². The fourth-order valence-corrected chi connectivity index (χ4v) is 2.91. The molecule has 0 radical (unpaired) electrons. The standard InChI is InChI=1S/C21H17ClN2O/c1-15-12-17(19-13-24-11-3-2-4-21(24)23-19)7-10-20(15)25-14-16-5-8-18(22)9-6-16/h2-13H,14H2,1H3. The van der Waals surface area contributed by atoms with Crippen LogP contribution in [0.2, 0.25) is 5.02 Å². The molecule has 0 bridgehead atoms. The van der Waals surface area contributed by atoms with Gasteiger partial charge in [0.05, 0.1) is 5.69 Å². The van der Waals surface area contributed by atoms with Crippen LogP contribution in [0.5, 0.6) is 5.75 Å². The number of hydrogen-bond donors (Lipinski definition) is 0. The number of aryl methyl sites for hydroxylation is 1. The highest BCUT2D eigenvalue weighted by atomic mass is 35.5. The van der Waals surface area contributed by atoms with Crippen molar-refractivity contribution in [2.45, 2.75) is 13.5 Å². The molecule has 0 N–H and O–H groups in total. The first kappa shape index (κ1) is 15.7. The Bertz CT molecular complexity index is 989. The Kier molecular flexibility index (Phi) is 4.16. The van der Waals surface area contributed by atoms with Crippen LogP contribution in [0.3, 0.4) is 0 Å². The van der Waals surface area contributed by atoms with Crippen molar-refractivity contribution >= 4 is 17.2 Å². The van der Waals surface area contributed by atoms with E-state index in [-0.39, 0.29) is 0 Å². The molecular weight excluding hydrogens is 332 g/mol. The van der Waals surface area contributed by atoms with Crippen molar-refractivity contribution in [2.75, 3.05) is 0 Å². The molecule has 2 heterocycles. The molecule has 4 aromatic rings. The molecule has 124 valence electrons. The molecule has 2 aromatic carbocycles. The second-order valence-electron chi connectivity index (χ2n) is 5.99. The minimum Gasteiger partial charge on any atom is -0.489 e. The number of halogens is 1. The normalized spacial score (nSPS) is 11.0. The quantitative estimate of drug-likeness (QED) is 0.484. The van der Waals surface area contributed by atoms with Crippen LogP contribution in [-0.2, 0) is 6.61 Å². The molecule has 4 heteroatoms.